The van der Waals surface area contributed by atoms with Crippen molar-refractivity contribution >= 4 is 11.4 Å². The van der Waals surface area contributed by atoms with Crippen molar-refractivity contribution in [3.05, 3.63) is 24.0 Å². The van der Waals surface area contributed by atoms with E-state index in [1.54, 1.807) is 6.07 Å². The number of hydrogen-bond acceptors (Lipinski definition) is 4. The van der Waals surface area contributed by atoms with E-state index in [1.807, 2.05) is 0 Å². The first-order valence-electron chi connectivity index (χ1n) is 5.67. The Morgan fingerprint density at radius 3 is 2.71 bits per heavy atom. The second-order valence-corrected chi connectivity index (χ2v) is 4.41. The van der Waals surface area contributed by atoms with E-state index in [9.17, 15) is 9.50 Å². The van der Waals surface area contributed by atoms with Crippen LogP contribution in [0, 0.1) is 5.82 Å². The third kappa shape index (κ3) is 2.68. The summed E-state index contributed by atoms with van der Waals surface area (Å²) in [5.41, 5.74) is 6.33. The molecule has 94 valence electrons. The second kappa shape index (κ2) is 4.89. The van der Waals surface area contributed by atoms with Gasteiger partial charge in [0.1, 0.15) is 5.82 Å². The van der Waals surface area contributed by atoms with E-state index in [-0.39, 0.29) is 12.4 Å². The van der Waals surface area contributed by atoms with Gasteiger partial charge < -0.3 is 20.9 Å². The molecule has 1 saturated heterocycles. The number of nitrogens with one attached hydrogen (secondary N) is 1. The van der Waals surface area contributed by atoms with Crippen LogP contribution in [0.25, 0.3) is 0 Å². The van der Waals surface area contributed by atoms with E-state index in [2.05, 4.69) is 5.32 Å². The number of rotatable bonds is 3. The minimum absolute atomic E-state index is 0.00712. The van der Waals surface area contributed by atoms with Crippen molar-refractivity contribution in [2.75, 3.05) is 30.9 Å². The molecule has 0 amide bonds. The number of aliphatic hydroxyl groups excluding tert-OH is 1. The Morgan fingerprint density at radius 1 is 1.41 bits per heavy atom. The van der Waals surface area contributed by atoms with Gasteiger partial charge in [0.05, 0.1) is 23.5 Å². The van der Waals surface area contributed by atoms with Gasteiger partial charge in [0.25, 0.3) is 0 Å². The molecular weight excluding hydrogens is 223 g/mol. The summed E-state index contributed by atoms with van der Waals surface area (Å²) in [6, 6.07) is 4.22. The molecule has 4 nitrogen and oxygen atoms in total. The molecular formula is C12H17FN2O2. The Morgan fingerprint density at radius 2 is 2.12 bits per heavy atom. The quantitative estimate of drug-likeness (QED) is 0.698. The third-order valence-corrected chi connectivity index (χ3v) is 3.17. The first kappa shape index (κ1) is 12.1. The summed E-state index contributed by atoms with van der Waals surface area (Å²) in [7, 11) is 0. The summed E-state index contributed by atoms with van der Waals surface area (Å²) in [5, 5.41) is 12.7. The maximum Gasteiger partial charge on any atom is 0.125 e. The zero-order valence-electron chi connectivity index (χ0n) is 9.58. The lowest BCUT2D eigenvalue weighted by molar-refractivity contribution is 0.0380. The molecule has 0 bridgehead atoms. The number of benzene rings is 1. The summed E-state index contributed by atoms with van der Waals surface area (Å²) in [4.78, 5) is 0. The molecule has 2 rings (SSSR count). The van der Waals surface area contributed by atoms with Gasteiger partial charge in [-0.15, -0.1) is 0 Å². The molecule has 4 N–H and O–H groups in total. The summed E-state index contributed by atoms with van der Waals surface area (Å²) in [5.74, 6) is -0.363. The van der Waals surface area contributed by atoms with Crippen LogP contribution in [-0.2, 0) is 4.74 Å². The van der Waals surface area contributed by atoms with Gasteiger partial charge in [-0.3, -0.25) is 0 Å². The number of hydrogen-bond donors (Lipinski definition) is 3. The molecule has 1 fully saturated rings. The Hall–Kier alpha value is -1.33. The SMILES string of the molecule is Nc1cc(F)ccc1NC1(CO)CCOCC1. The molecule has 0 spiro atoms. The van der Waals surface area contributed by atoms with Gasteiger partial charge in [-0.05, 0) is 31.0 Å². The summed E-state index contributed by atoms with van der Waals surface area (Å²) < 4.78 is 18.2. The molecule has 1 aliphatic heterocycles. The zero-order chi connectivity index (χ0) is 12.3. The summed E-state index contributed by atoms with van der Waals surface area (Å²) in [6.07, 6.45) is 1.42. The molecule has 1 aromatic carbocycles. The van der Waals surface area contributed by atoms with E-state index < -0.39 is 5.54 Å². The fourth-order valence-corrected chi connectivity index (χ4v) is 2.02. The lowest BCUT2D eigenvalue weighted by atomic mass is 9.90. The van der Waals surface area contributed by atoms with E-state index in [1.165, 1.54) is 12.1 Å². The lowest BCUT2D eigenvalue weighted by Gasteiger charge is -2.37. The minimum atomic E-state index is -0.413. The maximum atomic E-state index is 12.9. The van der Waals surface area contributed by atoms with Gasteiger partial charge in [0.2, 0.25) is 0 Å². The van der Waals surface area contributed by atoms with Gasteiger partial charge in [-0.2, -0.15) is 0 Å². The van der Waals surface area contributed by atoms with Crippen LogP contribution >= 0.6 is 0 Å². The largest absolute Gasteiger partial charge is 0.397 e. The second-order valence-electron chi connectivity index (χ2n) is 4.41. The molecule has 0 aliphatic carbocycles. The van der Waals surface area contributed by atoms with Crippen LogP contribution in [0.15, 0.2) is 18.2 Å². The fraction of sp³-hybridized carbons (Fsp3) is 0.500. The van der Waals surface area contributed by atoms with Crippen molar-refractivity contribution in [2.45, 2.75) is 18.4 Å². The standard InChI is InChI=1S/C12H17FN2O2/c13-9-1-2-11(10(14)7-9)15-12(8-16)3-5-17-6-4-12/h1-2,7,15-16H,3-6,8,14H2. The lowest BCUT2D eigenvalue weighted by Crippen LogP contribution is -2.47. The predicted octanol–water partition coefficient (Wildman–Crippen LogP) is 1.36. The van der Waals surface area contributed by atoms with Crippen LogP contribution in [0.4, 0.5) is 15.8 Å². The molecule has 0 saturated carbocycles. The monoisotopic (exact) mass is 240 g/mol. The molecule has 0 atom stereocenters. The molecule has 17 heavy (non-hydrogen) atoms. The van der Waals surface area contributed by atoms with Crippen molar-refractivity contribution in [3.8, 4) is 0 Å². The number of nitrogen functional groups attached to an aromatic ring is 1. The Labute approximate surface area is 99.6 Å². The molecule has 0 aromatic heterocycles. The van der Waals surface area contributed by atoms with Crippen LogP contribution in [0.2, 0.25) is 0 Å². The average Bonchev–Trinajstić information content (AvgIpc) is 2.34. The Kier molecular flexibility index (Phi) is 3.49. The first-order chi connectivity index (χ1) is 8.15. The van der Waals surface area contributed by atoms with Crippen LogP contribution < -0.4 is 11.1 Å². The molecule has 0 radical (unpaired) electrons. The summed E-state index contributed by atoms with van der Waals surface area (Å²) in [6.45, 7) is 1.22. The summed E-state index contributed by atoms with van der Waals surface area (Å²) >= 11 is 0. The highest BCUT2D eigenvalue weighted by atomic mass is 19.1. The topological polar surface area (TPSA) is 67.5 Å². The van der Waals surface area contributed by atoms with Gasteiger partial charge in [-0.25, -0.2) is 4.39 Å². The predicted molar refractivity (Wildman–Crippen MR) is 64.3 cm³/mol. The van der Waals surface area contributed by atoms with Crippen LogP contribution in [0.5, 0.6) is 0 Å². The van der Waals surface area contributed by atoms with Crippen LogP contribution in [0.3, 0.4) is 0 Å². The van der Waals surface area contributed by atoms with Crippen molar-refractivity contribution < 1.29 is 14.2 Å². The van der Waals surface area contributed by atoms with E-state index >= 15 is 0 Å². The first-order valence-corrected chi connectivity index (χ1v) is 5.67. The van der Waals surface area contributed by atoms with E-state index in [0.29, 0.717) is 37.4 Å². The number of anilines is 2. The maximum absolute atomic E-state index is 12.9. The van der Waals surface area contributed by atoms with Crippen LogP contribution in [-0.4, -0.2) is 30.5 Å². The van der Waals surface area contributed by atoms with Crippen LogP contribution in [0.1, 0.15) is 12.8 Å². The van der Waals surface area contributed by atoms with E-state index in [4.69, 9.17) is 10.5 Å². The van der Waals surface area contributed by atoms with Crippen molar-refractivity contribution in [2.24, 2.45) is 0 Å². The molecule has 1 aromatic rings. The Bertz CT molecular complexity index is 392. The molecule has 1 heterocycles. The normalized spacial score (nSPS) is 18.9. The molecule has 0 unspecified atom stereocenters. The molecule has 1 aliphatic rings. The van der Waals surface area contributed by atoms with Gasteiger partial charge in [-0.1, -0.05) is 0 Å². The number of aliphatic hydroxyl groups is 1. The van der Waals surface area contributed by atoms with Gasteiger partial charge >= 0.3 is 0 Å². The number of ether oxygens (including phenoxy) is 1. The molecule has 5 heteroatoms. The van der Waals surface area contributed by atoms with Crippen molar-refractivity contribution in [1.29, 1.82) is 0 Å². The van der Waals surface area contributed by atoms with E-state index in [0.717, 1.165) is 0 Å². The van der Waals surface area contributed by atoms with Crippen molar-refractivity contribution in [1.82, 2.24) is 0 Å². The highest BCUT2D eigenvalue weighted by Crippen LogP contribution is 2.29. The van der Waals surface area contributed by atoms with Gasteiger partial charge in [0, 0.05) is 13.2 Å². The highest BCUT2D eigenvalue weighted by molar-refractivity contribution is 5.67. The smallest absolute Gasteiger partial charge is 0.125 e. The fourth-order valence-electron chi connectivity index (χ4n) is 2.02. The number of halogens is 1. The third-order valence-electron chi connectivity index (χ3n) is 3.17. The minimum Gasteiger partial charge on any atom is -0.397 e. The van der Waals surface area contributed by atoms with Gasteiger partial charge in [0.15, 0.2) is 0 Å². The highest BCUT2D eigenvalue weighted by Gasteiger charge is 2.32. The average molecular weight is 240 g/mol. The zero-order valence-corrected chi connectivity index (χ0v) is 9.58. The number of nitrogens with two attached hydrogens (primary N) is 1. The Balaban J connectivity index is 2.17. The van der Waals surface area contributed by atoms with Crippen molar-refractivity contribution in [3.63, 3.8) is 0 Å².